The van der Waals surface area contributed by atoms with E-state index in [0.717, 1.165) is 34.1 Å². The highest BCUT2D eigenvalue weighted by Crippen LogP contribution is 2.36. The van der Waals surface area contributed by atoms with E-state index < -0.39 is 11.9 Å². The van der Waals surface area contributed by atoms with Crippen LogP contribution < -0.4 is 33.7 Å². The Balaban J connectivity index is 0.000000170. The van der Waals surface area contributed by atoms with E-state index in [-0.39, 0.29) is 42.9 Å². The Kier molecular flexibility index (Phi) is 22.4. The molecule has 5 N–H and O–H groups in total. The number of ether oxygens (including phenoxy) is 6. The number of likely N-dealkylation sites (N-methyl/N-ethyl adjacent to an activating group) is 1. The van der Waals surface area contributed by atoms with E-state index in [4.69, 9.17) is 57.3 Å². The smallest absolute Gasteiger partial charge is 0.354 e. The normalized spacial score (nSPS) is 10.9. The van der Waals surface area contributed by atoms with Gasteiger partial charge in [0.2, 0.25) is 17.5 Å². The minimum Gasteiger partial charge on any atom is -0.490 e. The summed E-state index contributed by atoms with van der Waals surface area (Å²) in [5, 5.41) is 42.8. The van der Waals surface area contributed by atoms with Crippen molar-refractivity contribution in [3.63, 3.8) is 0 Å². The van der Waals surface area contributed by atoms with Crippen LogP contribution in [0.15, 0.2) is 129 Å². The molecule has 87 heavy (non-hydrogen) atoms. The summed E-state index contributed by atoms with van der Waals surface area (Å²) in [6.45, 7) is 16.1. The van der Waals surface area contributed by atoms with E-state index in [1.807, 2.05) is 91.2 Å². The SMILES string of the molecule is CCOc1ccc(-c2nc(-c3ccc4[nH]cc(CN(C)CCO)c4c3)no2)cc1OCC.CCOc1ccc(-c2nc(-c3ccnc(C(=O)NCCO)c3)no2)cc1OCC.CCOc1ccc(-c2nc(-c3ccnc(C(=O)O)c3)no2)cc1OCC. The van der Waals surface area contributed by atoms with Crippen LogP contribution in [0.25, 0.3) is 79.4 Å². The number of carboxylic acid groups (broad SMARTS) is 1. The van der Waals surface area contributed by atoms with Crippen molar-refractivity contribution in [2.75, 3.05) is 73.0 Å². The van der Waals surface area contributed by atoms with Gasteiger partial charge in [-0.05, 0) is 151 Å². The number of H-pyrrole nitrogens is 1. The second-order valence-corrected chi connectivity index (χ2v) is 18.5. The molecule has 10 aromatic rings. The Morgan fingerprint density at radius 3 is 1.36 bits per heavy atom. The number of pyridine rings is 2. The Morgan fingerprint density at radius 2 is 0.931 bits per heavy atom. The Labute approximate surface area is 500 Å². The van der Waals surface area contributed by atoms with E-state index in [2.05, 4.69) is 61.7 Å². The lowest BCUT2D eigenvalue weighted by molar-refractivity contribution is 0.0690. The molecule has 0 saturated heterocycles. The number of aromatic nitrogens is 9. The first kappa shape index (κ1) is 62.8. The summed E-state index contributed by atoms with van der Waals surface area (Å²) in [7, 11) is 1.98. The lowest BCUT2D eigenvalue weighted by Gasteiger charge is -2.14. The molecule has 0 aliphatic rings. The fraction of sp³-hybridized carbons (Fsp3) is 0.290. The average molecular weight is 1190 g/mol. The van der Waals surface area contributed by atoms with Gasteiger partial charge in [0.15, 0.2) is 34.5 Å². The van der Waals surface area contributed by atoms with Crippen LogP contribution in [0.1, 0.15) is 68.1 Å². The molecule has 0 aliphatic heterocycles. The summed E-state index contributed by atoms with van der Waals surface area (Å²) >= 11 is 0. The number of hydrogen-bond acceptors (Lipinski definition) is 22. The van der Waals surface area contributed by atoms with Crippen LogP contribution in [0, 0.1) is 0 Å². The number of aliphatic hydroxyl groups is 2. The summed E-state index contributed by atoms with van der Waals surface area (Å²) < 4.78 is 49.9. The molecule has 0 fully saturated rings. The number of aromatic carboxylic acids is 1. The van der Waals surface area contributed by atoms with Crippen LogP contribution in [-0.4, -0.2) is 150 Å². The van der Waals surface area contributed by atoms with Gasteiger partial charge in [-0.25, -0.2) is 9.78 Å². The first-order valence-electron chi connectivity index (χ1n) is 28.1. The Morgan fingerprint density at radius 1 is 0.517 bits per heavy atom. The van der Waals surface area contributed by atoms with Gasteiger partial charge in [0.1, 0.15) is 11.4 Å². The van der Waals surface area contributed by atoms with Crippen LogP contribution >= 0.6 is 0 Å². The molecular formula is C62H67N11O14. The minimum absolute atomic E-state index is 0.0893. The number of nitrogens with zero attached hydrogens (tertiary/aromatic N) is 9. The van der Waals surface area contributed by atoms with Gasteiger partial charge in [0.05, 0.1) is 52.9 Å². The minimum atomic E-state index is -1.12. The zero-order chi connectivity index (χ0) is 61.7. The fourth-order valence-corrected chi connectivity index (χ4v) is 8.56. The number of carboxylic acids is 1. The predicted molar refractivity (Wildman–Crippen MR) is 320 cm³/mol. The van der Waals surface area contributed by atoms with Gasteiger partial charge in [-0.15, -0.1) is 0 Å². The van der Waals surface area contributed by atoms with Crippen molar-refractivity contribution in [3.05, 3.63) is 133 Å². The number of carbonyl (C=O) groups excluding carboxylic acids is 1. The topological polar surface area (TPSA) is 324 Å². The van der Waals surface area contributed by atoms with Crippen LogP contribution in [0.3, 0.4) is 0 Å². The van der Waals surface area contributed by atoms with E-state index in [0.29, 0.717) is 126 Å². The molecule has 0 unspecified atom stereocenters. The maximum absolute atomic E-state index is 12.0. The van der Waals surface area contributed by atoms with E-state index in [1.54, 1.807) is 48.5 Å². The molecule has 6 heterocycles. The molecule has 25 heteroatoms. The van der Waals surface area contributed by atoms with Crippen molar-refractivity contribution in [2.45, 2.75) is 48.1 Å². The van der Waals surface area contributed by atoms with Gasteiger partial charge >= 0.3 is 5.97 Å². The van der Waals surface area contributed by atoms with Crippen LogP contribution in [0.4, 0.5) is 0 Å². The lowest BCUT2D eigenvalue weighted by Crippen LogP contribution is -2.27. The number of benzene rings is 4. The second kappa shape index (κ2) is 31.1. The predicted octanol–water partition coefficient (Wildman–Crippen LogP) is 9.72. The number of rotatable bonds is 26. The van der Waals surface area contributed by atoms with Gasteiger partial charge < -0.3 is 67.6 Å². The summed E-state index contributed by atoms with van der Waals surface area (Å²) in [5.41, 5.74) is 6.37. The highest BCUT2D eigenvalue weighted by atomic mass is 16.5. The number of fused-ring (bicyclic) bond motifs is 1. The third kappa shape index (κ3) is 16.4. The molecule has 10 rings (SSSR count). The molecule has 1 amide bonds. The van der Waals surface area contributed by atoms with E-state index in [9.17, 15) is 9.59 Å². The van der Waals surface area contributed by atoms with Crippen LogP contribution in [0.5, 0.6) is 34.5 Å². The molecule has 0 bridgehead atoms. The summed E-state index contributed by atoms with van der Waals surface area (Å²) in [6, 6.07) is 28.6. The summed E-state index contributed by atoms with van der Waals surface area (Å²) in [5.74, 6) is 4.43. The molecule has 25 nitrogen and oxygen atoms in total. The van der Waals surface area contributed by atoms with Crippen molar-refractivity contribution >= 4 is 22.8 Å². The third-order valence-electron chi connectivity index (χ3n) is 12.5. The van der Waals surface area contributed by atoms with Crippen molar-refractivity contribution in [1.29, 1.82) is 0 Å². The van der Waals surface area contributed by atoms with Gasteiger partial charge in [0, 0.05) is 82.5 Å². The van der Waals surface area contributed by atoms with E-state index in [1.165, 1.54) is 18.5 Å². The molecule has 454 valence electrons. The van der Waals surface area contributed by atoms with Gasteiger partial charge in [-0.3, -0.25) is 14.7 Å². The molecule has 0 aliphatic carbocycles. The molecule has 0 spiro atoms. The van der Waals surface area contributed by atoms with Gasteiger partial charge in [-0.1, -0.05) is 15.5 Å². The van der Waals surface area contributed by atoms with Crippen molar-refractivity contribution in [1.82, 2.24) is 55.6 Å². The highest BCUT2D eigenvalue weighted by molar-refractivity contribution is 5.93. The monoisotopic (exact) mass is 1190 g/mol. The molecule has 0 saturated carbocycles. The summed E-state index contributed by atoms with van der Waals surface area (Å²) in [4.78, 5) is 49.6. The van der Waals surface area contributed by atoms with Crippen molar-refractivity contribution < 1.29 is 66.9 Å². The average Bonchev–Trinajstić information content (AvgIpc) is 4.52. The lowest BCUT2D eigenvalue weighted by atomic mass is 10.1. The third-order valence-corrected chi connectivity index (χ3v) is 12.5. The molecule has 0 atom stereocenters. The zero-order valence-electron chi connectivity index (χ0n) is 49.1. The quantitative estimate of drug-likeness (QED) is 0.0337. The first-order valence-corrected chi connectivity index (χ1v) is 28.1. The van der Waals surface area contributed by atoms with Crippen molar-refractivity contribution in [2.24, 2.45) is 0 Å². The zero-order valence-corrected chi connectivity index (χ0v) is 49.1. The van der Waals surface area contributed by atoms with Gasteiger partial charge in [0.25, 0.3) is 23.6 Å². The maximum atomic E-state index is 12.0. The first-order chi connectivity index (χ1) is 42.4. The fourth-order valence-electron chi connectivity index (χ4n) is 8.56. The molecule has 6 aromatic heterocycles. The van der Waals surface area contributed by atoms with Crippen LogP contribution in [-0.2, 0) is 6.54 Å². The maximum Gasteiger partial charge on any atom is 0.354 e. The number of aliphatic hydroxyl groups excluding tert-OH is 2. The largest absolute Gasteiger partial charge is 0.490 e. The number of nitrogens with one attached hydrogen (secondary N) is 2. The summed E-state index contributed by atoms with van der Waals surface area (Å²) in [6.07, 6.45) is 4.88. The number of amides is 1. The van der Waals surface area contributed by atoms with Gasteiger partial charge in [-0.2, -0.15) is 15.0 Å². The van der Waals surface area contributed by atoms with Crippen LogP contribution in [0.2, 0.25) is 0 Å². The Bertz CT molecular complexity index is 3860. The standard InChI is InChI=1S/C24H28N4O4.C20H22N4O5.C18H17N3O5/c1-4-30-21-9-7-17(13-22(21)31-5-2)24-26-23(27-32-24)16-6-8-20-19(12-16)18(14-25-20)15-28(3)10-11-29;1-3-27-16-6-5-14(12-17(16)28-4-2)20-23-18(24-29-20)13-7-8-21-15(11-13)19(26)22-9-10-25;1-3-24-14-6-5-12(10-15(14)25-4-2)17-20-16(21-26-17)11-7-8-19-13(9-11)18(22)23/h6-9,12-14,25,29H,4-5,10-11,15H2,1-3H3;5-8,11-12,25H,3-4,9-10H2,1-2H3,(H,22,26);5-10H,3-4H2,1-2H3,(H,22,23). The number of carbonyl (C=O) groups is 2. The van der Waals surface area contributed by atoms with E-state index >= 15 is 0 Å². The molecular weight excluding hydrogens is 1120 g/mol. The second-order valence-electron chi connectivity index (χ2n) is 18.5. The number of hydrogen-bond donors (Lipinski definition) is 5. The number of aromatic amines is 1. The molecule has 0 radical (unpaired) electrons. The van der Waals surface area contributed by atoms with Crippen molar-refractivity contribution in [3.8, 4) is 103 Å². The Hall–Kier alpha value is -10.2. The highest BCUT2D eigenvalue weighted by Gasteiger charge is 2.20. The molecule has 4 aromatic carbocycles.